The van der Waals surface area contributed by atoms with Crippen molar-refractivity contribution in [2.24, 2.45) is 0 Å². The first-order valence-corrected chi connectivity index (χ1v) is 6.36. The topological polar surface area (TPSA) is 61.6 Å². The quantitative estimate of drug-likeness (QED) is 0.802. The van der Waals surface area contributed by atoms with Crippen LogP contribution in [0.5, 0.6) is 5.75 Å². The van der Waals surface area contributed by atoms with Gasteiger partial charge in [0.05, 0.1) is 19.4 Å². The fraction of sp³-hybridized carbons (Fsp3) is 0.333. The Morgan fingerprint density at radius 2 is 2.10 bits per heavy atom. The molecule has 0 radical (unpaired) electrons. The molecule has 2 rings (SSSR count). The van der Waals surface area contributed by atoms with Crippen molar-refractivity contribution in [2.45, 2.75) is 20.8 Å². The highest BCUT2D eigenvalue weighted by atomic mass is 16.5. The zero-order valence-corrected chi connectivity index (χ0v) is 12.0. The molecule has 0 aliphatic rings. The van der Waals surface area contributed by atoms with Gasteiger partial charge in [-0.05, 0) is 38.5 Å². The molecule has 5 nitrogen and oxygen atoms in total. The smallest absolute Gasteiger partial charge is 0.376 e. The number of benzene rings is 1. The van der Waals surface area contributed by atoms with E-state index in [2.05, 4.69) is 4.98 Å². The van der Waals surface area contributed by atoms with Crippen LogP contribution in [0.15, 0.2) is 22.6 Å². The number of nitrogens with zero attached hydrogens (tertiary/aromatic N) is 1. The van der Waals surface area contributed by atoms with Crippen molar-refractivity contribution < 1.29 is 18.7 Å². The van der Waals surface area contributed by atoms with Crippen molar-refractivity contribution >= 4 is 5.97 Å². The summed E-state index contributed by atoms with van der Waals surface area (Å²) in [6, 6.07) is 5.62. The van der Waals surface area contributed by atoms with Gasteiger partial charge in [-0.25, -0.2) is 9.78 Å². The minimum Gasteiger partial charge on any atom is -0.496 e. The van der Waals surface area contributed by atoms with Crippen LogP contribution in [0.1, 0.15) is 28.7 Å². The van der Waals surface area contributed by atoms with Crippen LogP contribution in [0.3, 0.4) is 0 Å². The minimum absolute atomic E-state index is 0.140. The first-order valence-electron chi connectivity index (χ1n) is 6.36. The van der Waals surface area contributed by atoms with Gasteiger partial charge >= 0.3 is 5.97 Å². The average molecular weight is 275 g/mol. The van der Waals surface area contributed by atoms with Crippen molar-refractivity contribution in [2.75, 3.05) is 13.7 Å². The maximum Gasteiger partial charge on any atom is 0.376 e. The molecule has 0 unspecified atom stereocenters. The summed E-state index contributed by atoms with van der Waals surface area (Å²) in [5, 5.41) is 0. The molecule has 0 fully saturated rings. The van der Waals surface area contributed by atoms with Crippen LogP contribution in [-0.4, -0.2) is 24.7 Å². The average Bonchev–Trinajstić information content (AvgIpc) is 2.82. The number of hydrogen-bond donors (Lipinski definition) is 0. The van der Waals surface area contributed by atoms with E-state index in [9.17, 15) is 4.79 Å². The monoisotopic (exact) mass is 275 g/mol. The highest BCUT2D eigenvalue weighted by Gasteiger charge is 2.19. The lowest BCUT2D eigenvalue weighted by molar-refractivity contribution is 0.0490. The Bertz CT molecular complexity index is 631. The van der Waals surface area contributed by atoms with Gasteiger partial charge in [0, 0.05) is 5.56 Å². The van der Waals surface area contributed by atoms with Gasteiger partial charge in [-0.15, -0.1) is 0 Å². The van der Waals surface area contributed by atoms with Crippen molar-refractivity contribution in [3.05, 3.63) is 35.2 Å². The van der Waals surface area contributed by atoms with Crippen LogP contribution < -0.4 is 4.74 Å². The Morgan fingerprint density at radius 3 is 2.75 bits per heavy atom. The molecule has 1 heterocycles. The molecular weight excluding hydrogens is 258 g/mol. The molecule has 0 aliphatic heterocycles. The van der Waals surface area contributed by atoms with Crippen molar-refractivity contribution in [1.82, 2.24) is 4.98 Å². The zero-order valence-electron chi connectivity index (χ0n) is 12.0. The molecule has 0 N–H and O–H groups in total. The molecule has 0 atom stereocenters. The lowest BCUT2D eigenvalue weighted by Gasteiger charge is -2.05. The highest BCUT2D eigenvalue weighted by molar-refractivity contribution is 5.87. The lowest BCUT2D eigenvalue weighted by atomic mass is 10.1. The highest BCUT2D eigenvalue weighted by Crippen LogP contribution is 2.27. The van der Waals surface area contributed by atoms with Crippen LogP contribution in [0, 0.1) is 13.8 Å². The van der Waals surface area contributed by atoms with E-state index in [4.69, 9.17) is 13.9 Å². The van der Waals surface area contributed by atoms with E-state index in [-0.39, 0.29) is 5.76 Å². The van der Waals surface area contributed by atoms with E-state index in [0.717, 1.165) is 16.9 Å². The molecule has 0 bridgehead atoms. The number of hydrogen-bond acceptors (Lipinski definition) is 5. The largest absolute Gasteiger partial charge is 0.496 e. The molecule has 1 aromatic carbocycles. The second-order valence-corrected chi connectivity index (χ2v) is 4.34. The molecule has 0 amide bonds. The Labute approximate surface area is 117 Å². The number of carbonyl (C=O) groups is 1. The van der Waals surface area contributed by atoms with Gasteiger partial charge in [0.25, 0.3) is 0 Å². The van der Waals surface area contributed by atoms with Crippen molar-refractivity contribution in [3.8, 4) is 17.2 Å². The molecule has 1 aromatic heterocycles. The molecule has 0 saturated carbocycles. The minimum atomic E-state index is -0.497. The number of oxazole rings is 1. The Kier molecular flexibility index (Phi) is 4.08. The summed E-state index contributed by atoms with van der Waals surface area (Å²) in [5.41, 5.74) is 2.29. The van der Waals surface area contributed by atoms with Gasteiger partial charge in [-0.2, -0.15) is 0 Å². The summed E-state index contributed by atoms with van der Waals surface area (Å²) in [6.45, 7) is 5.71. The van der Waals surface area contributed by atoms with E-state index in [1.54, 1.807) is 21.0 Å². The number of esters is 1. The summed E-state index contributed by atoms with van der Waals surface area (Å²) in [5.74, 6) is 0.768. The fourth-order valence-electron chi connectivity index (χ4n) is 1.86. The first kappa shape index (κ1) is 14.1. The SMILES string of the molecule is CCOC(=O)c1oc(-c2ccc(C)c(OC)c2)nc1C. The first-order chi connectivity index (χ1) is 9.56. The second kappa shape index (κ2) is 5.77. The molecule has 2 aromatic rings. The maximum atomic E-state index is 11.7. The molecule has 0 saturated heterocycles. The Morgan fingerprint density at radius 1 is 1.35 bits per heavy atom. The Balaban J connectivity index is 2.39. The number of rotatable bonds is 4. The molecule has 0 aliphatic carbocycles. The van der Waals surface area contributed by atoms with Gasteiger partial charge in [-0.3, -0.25) is 0 Å². The van der Waals surface area contributed by atoms with Gasteiger partial charge in [0.15, 0.2) is 0 Å². The third kappa shape index (κ3) is 2.66. The van der Waals surface area contributed by atoms with Crippen LogP contribution in [0.2, 0.25) is 0 Å². The van der Waals surface area contributed by atoms with Crippen molar-refractivity contribution in [3.63, 3.8) is 0 Å². The fourth-order valence-corrected chi connectivity index (χ4v) is 1.86. The molecule has 5 heteroatoms. The molecule has 0 spiro atoms. The van der Waals surface area contributed by atoms with Crippen LogP contribution in [0.25, 0.3) is 11.5 Å². The van der Waals surface area contributed by atoms with E-state index in [1.165, 1.54) is 0 Å². The third-order valence-electron chi connectivity index (χ3n) is 2.91. The number of ether oxygens (including phenoxy) is 2. The molecular formula is C15H17NO4. The molecule has 20 heavy (non-hydrogen) atoms. The van der Waals surface area contributed by atoms with Crippen molar-refractivity contribution in [1.29, 1.82) is 0 Å². The summed E-state index contributed by atoms with van der Waals surface area (Å²) < 4.78 is 15.7. The Hall–Kier alpha value is -2.30. The van der Waals surface area contributed by atoms with Gasteiger partial charge < -0.3 is 13.9 Å². The van der Waals surface area contributed by atoms with Gasteiger partial charge in [0.1, 0.15) is 5.75 Å². The van der Waals surface area contributed by atoms with E-state index < -0.39 is 5.97 Å². The summed E-state index contributed by atoms with van der Waals surface area (Å²) in [7, 11) is 1.61. The van der Waals surface area contributed by atoms with E-state index >= 15 is 0 Å². The third-order valence-corrected chi connectivity index (χ3v) is 2.91. The number of aromatic nitrogens is 1. The number of carbonyl (C=O) groups excluding carboxylic acids is 1. The summed E-state index contributed by atoms with van der Waals surface area (Å²) >= 11 is 0. The van der Waals surface area contributed by atoms with Crippen LogP contribution >= 0.6 is 0 Å². The van der Waals surface area contributed by atoms with Gasteiger partial charge in [-0.1, -0.05) is 6.07 Å². The van der Waals surface area contributed by atoms with Gasteiger partial charge in [0.2, 0.25) is 11.7 Å². The standard InChI is InChI=1S/C15H17NO4/c1-5-19-15(17)13-10(3)16-14(20-13)11-7-6-9(2)12(8-11)18-4/h6-8H,5H2,1-4H3. The normalized spacial score (nSPS) is 10.4. The second-order valence-electron chi connectivity index (χ2n) is 4.34. The zero-order chi connectivity index (χ0) is 14.7. The predicted octanol–water partition coefficient (Wildman–Crippen LogP) is 3.14. The number of methoxy groups -OCH3 is 1. The maximum absolute atomic E-state index is 11.7. The van der Waals surface area contributed by atoms with E-state index in [0.29, 0.717) is 18.2 Å². The number of aryl methyl sites for hydroxylation is 2. The summed E-state index contributed by atoms with van der Waals surface area (Å²) in [4.78, 5) is 16.0. The van der Waals surface area contributed by atoms with E-state index in [1.807, 2.05) is 25.1 Å². The summed E-state index contributed by atoms with van der Waals surface area (Å²) in [6.07, 6.45) is 0. The lowest BCUT2D eigenvalue weighted by Crippen LogP contribution is -2.04. The van der Waals surface area contributed by atoms with Crippen LogP contribution in [0.4, 0.5) is 0 Å². The van der Waals surface area contributed by atoms with Crippen LogP contribution in [-0.2, 0) is 4.74 Å². The molecule has 106 valence electrons. The predicted molar refractivity (Wildman–Crippen MR) is 73.9 cm³/mol.